The van der Waals surface area contributed by atoms with Gasteiger partial charge in [-0.2, -0.15) is 0 Å². The highest BCUT2D eigenvalue weighted by Crippen LogP contribution is 2.18. The minimum Gasteiger partial charge on any atom is -0.362 e. The first-order chi connectivity index (χ1) is 11.6. The molecule has 0 amide bonds. The predicted molar refractivity (Wildman–Crippen MR) is 99.3 cm³/mol. The summed E-state index contributed by atoms with van der Waals surface area (Å²) in [4.78, 5) is 13.4. The van der Waals surface area contributed by atoms with Crippen molar-refractivity contribution >= 4 is 39.6 Å². The third kappa shape index (κ3) is 3.69. The maximum Gasteiger partial charge on any atom is 0.269 e. The van der Waals surface area contributed by atoms with Crippen LogP contribution in [-0.4, -0.2) is 21.6 Å². The summed E-state index contributed by atoms with van der Waals surface area (Å²) in [5.41, 5.74) is 3.12. The third-order valence-electron chi connectivity index (χ3n) is 3.69. The van der Waals surface area contributed by atoms with Crippen molar-refractivity contribution in [2.75, 3.05) is 11.9 Å². The van der Waals surface area contributed by atoms with Crippen LogP contribution in [0.2, 0.25) is 0 Å². The van der Waals surface area contributed by atoms with E-state index in [2.05, 4.69) is 21.7 Å². The molecule has 0 aliphatic carbocycles. The topological polar surface area (TPSA) is 83.0 Å². The van der Waals surface area contributed by atoms with E-state index in [1.54, 1.807) is 12.1 Å². The molecule has 3 N–H and O–H groups in total. The molecule has 0 spiro atoms. The number of benzene rings is 2. The van der Waals surface area contributed by atoms with Crippen molar-refractivity contribution in [3.63, 3.8) is 0 Å². The number of para-hydroxylation sites is 1. The summed E-state index contributed by atoms with van der Waals surface area (Å²) in [5, 5.41) is 18.5. The van der Waals surface area contributed by atoms with Gasteiger partial charge in [0.1, 0.15) is 0 Å². The van der Waals surface area contributed by atoms with E-state index in [1.807, 2.05) is 24.4 Å². The van der Waals surface area contributed by atoms with Crippen molar-refractivity contribution in [1.82, 2.24) is 10.3 Å². The largest absolute Gasteiger partial charge is 0.362 e. The molecule has 0 fully saturated rings. The summed E-state index contributed by atoms with van der Waals surface area (Å²) < 4.78 is 0. The molecular weight excluding hydrogens is 324 g/mol. The fourth-order valence-corrected chi connectivity index (χ4v) is 2.71. The number of nitro groups is 1. The Balaban J connectivity index is 1.51. The van der Waals surface area contributed by atoms with Gasteiger partial charge < -0.3 is 15.6 Å². The second kappa shape index (κ2) is 7.10. The van der Waals surface area contributed by atoms with Crippen LogP contribution in [0.5, 0.6) is 0 Å². The molecule has 0 aliphatic heterocycles. The molecule has 3 aromatic rings. The Hall–Kier alpha value is -2.93. The van der Waals surface area contributed by atoms with Crippen LogP contribution in [0.4, 0.5) is 11.4 Å². The van der Waals surface area contributed by atoms with Crippen LogP contribution in [0.15, 0.2) is 54.7 Å². The van der Waals surface area contributed by atoms with Gasteiger partial charge in [-0.15, -0.1) is 0 Å². The zero-order valence-electron chi connectivity index (χ0n) is 12.8. The summed E-state index contributed by atoms with van der Waals surface area (Å²) in [6.45, 7) is 0.695. The first kappa shape index (κ1) is 15.9. The van der Waals surface area contributed by atoms with Gasteiger partial charge in [0.05, 0.1) is 4.92 Å². The quantitative estimate of drug-likeness (QED) is 0.375. The predicted octanol–water partition coefficient (Wildman–Crippen LogP) is 3.61. The van der Waals surface area contributed by atoms with Gasteiger partial charge >= 0.3 is 0 Å². The molecule has 3 rings (SSSR count). The SMILES string of the molecule is O=[N+]([O-])c1ccc(NC(=S)NCCc2c[nH]c3ccccc23)cc1. The van der Waals surface area contributed by atoms with E-state index in [9.17, 15) is 10.1 Å². The van der Waals surface area contributed by atoms with Crippen LogP contribution in [0.1, 0.15) is 5.56 Å². The smallest absolute Gasteiger partial charge is 0.269 e. The lowest BCUT2D eigenvalue weighted by Gasteiger charge is -2.10. The Bertz CT molecular complexity index is 874. The van der Waals surface area contributed by atoms with Gasteiger partial charge in [-0.05, 0) is 42.4 Å². The molecule has 0 saturated heterocycles. The molecule has 6 nitrogen and oxygen atoms in total. The number of aromatic nitrogens is 1. The normalized spacial score (nSPS) is 10.5. The Morgan fingerprint density at radius 1 is 1.17 bits per heavy atom. The Morgan fingerprint density at radius 2 is 1.92 bits per heavy atom. The highest BCUT2D eigenvalue weighted by molar-refractivity contribution is 7.80. The molecule has 0 radical (unpaired) electrons. The minimum atomic E-state index is -0.429. The van der Waals surface area contributed by atoms with E-state index in [-0.39, 0.29) is 5.69 Å². The summed E-state index contributed by atoms with van der Waals surface area (Å²) in [7, 11) is 0. The van der Waals surface area contributed by atoms with Crippen molar-refractivity contribution < 1.29 is 4.92 Å². The highest BCUT2D eigenvalue weighted by Gasteiger charge is 2.05. The molecule has 0 aliphatic rings. The van der Waals surface area contributed by atoms with Gasteiger partial charge in [0.15, 0.2) is 5.11 Å². The molecule has 1 aromatic heterocycles. The fourth-order valence-electron chi connectivity index (χ4n) is 2.49. The lowest BCUT2D eigenvalue weighted by atomic mass is 10.1. The molecule has 0 unspecified atom stereocenters. The molecule has 0 atom stereocenters. The summed E-state index contributed by atoms with van der Waals surface area (Å²) >= 11 is 5.25. The van der Waals surface area contributed by atoms with Crippen LogP contribution >= 0.6 is 12.2 Å². The number of aromatic amines is 1. The number of nitrogens with zero attached hydrogens (tertiary/aromatic N) is 1. The van der Waals surface area contributed by atoms with E-state index < -0.39 is 4.92 Å². The van der Waals surface area contributed by atoms with Crippen molar-refractivity contribution in [2.24, 2.45) is 0 Å². The molecule has 0 saturated carbocycles. The molecule has 1 heterocycles. The van der Waals surface area contributed by atoms with E-state index in [0.29, 0.717) is 17.3 Å². The number of nitro benzene ring substituents is 1. The zero-order chi connectivity index (χ0) is 16.9. The molecule has 2 aromatic carbocycles. The first-order valence-corrected chi connectivity index (χ1v) is 7.88. The van der Waals surface area contributed by atoms with Crippen molar-refractivity contribution in [2.45, 2.75) is 6.42 Å². The average molecular weight is 340 g/mol. The van der Waals surface area contributed by atoms with Crippen LogP contribution in [0, 0.1) is 10.1 Å². The Morgan fingerprint density at radius 3 is 2.67 bits per heavy atom. The standard InChI is InChI=1S/C17H16N4O2S/c22-21(23)14-7-5-13(6-8-14)20-17(24)18-10-9-12-11-19-16-4-2-1-3-15(12)16/h1-8,11,19H,9-10H2,(H2,18,20,24). The minimum absolute atomic E-state index is 0.0544. The van der Waals surface area contributed by atoms with Crippen molar-refractivity contribution in [1.29, 1.82) is 0 Å². The van der Waals surface area contributed by atoms with E-state index in [4.69, 9.17) is 12.2 Å². The first-order valence-electron chi connectivity index (χ1n) is 7.48. The fraction of sp³-hybridized carbons (Fsp3) is 0.118. The second-order valence-corrected chi connectivity index (χ2v) is 5.70. The van der Waals surface area contributed by atoms with Gasteiger partial charge in [0.25, 0.3) is 5.69 Å². The van der Waals surface area contributed by atoms with Crippen LogP contribution in [0.3, 0.4) is 0 Å². The summed E-state index contributed by atoms with van der Waals surface area (Å²) in [6.07, 6.45) is 2.85. The number of thiocarbonyl (C=S) groups is 1. The number of non-ortho nitro benzene ring substituents is 1. The maximum absolute atomic E-state index is 10.6. The van der Waals surface area contributed by atoms with E-state index in [1.165, 1.54) is 23.1 Å². The Labute approximate surface area is 144 Å². The third-order valence-corrected chi connectivity index (χ3v) is 3.94. The van der Waals surface area contributed by atoms with Crippen LogP contribution < -0.4 is 10.6 Å². The van der Waals surface area contributed by atoms with Crippen molar-refractivity contribution in [3.05, 3.63) is 70.4 Å². The molecule has 24 heavy (non-hydrogen) atoms. The van der Waals surface area contributed by atoms with Gasteiger partial charge in [0.2, 0.25) is 0 Å². The number of nitrogens with one attached hydrogen (secondary N) is 3. The van der Waals surface area contributed by atoms with Gasteiger partial charge in [-0.3, -0.25) is 10.1 Å². The van der Waals surface area contributed by atoms with Gasteiger partial charge in [-0.1, -0.05) is 18.2 Å². The lowest BCUT2D eigenvalue weighted by Crippen LogP contribution is -2.30. The number of hydrogen-bond acceptors (Lipinski definition) is 3. The lowest BCUT2D eigenvalue weighted by molar-refractivity contribution is -0.384. The molecule has 122 valence electrons. The number of anilines is 1. The van der Waals surface area contributed by atoms with Crippen LogP contribution in [-0.2, 0) is 6.42 Å². The molecular formula is C17H16N4O2S. The maximum atomic E-state index is 10.6. The van der Waals surface area contributed by atoms with E-state index >= 15 is 0 Å². The summed E-state index contributed by atoms with van der Waals surface area (Å²) in [5.74, 6) is 0. The summed E-state index contributed by atoms with van der Waals surface area (Å²) in [6, 6.07) is 14.3. The van der Waals surface area contributed by atoms with Crippen LogP contribution in [0.25, 0.3) is 10.9 Å². The van der Waals surface area contributed by atoms with Crippen molar-refractivity contribution in [3.8, 4) is 0 Å². The highest BCUT2D eigenvalue weighted by atomic mass is 32.1. The Kier molecular flexibility index (Phi) is 4.72. The number of H-pyrrole nitrogens is 1. The second-order valence-electron chi connectivity index (χ2n) is 5.29. The number of hydrogen-bond donors (Lipinski definition) is 3. The monoisotopic (exact) mass is 340 g/mol. The van der Waals surface area contributed by atoms with Gasteiger partial charge in [-0.25, -0.2) is 0 Å². The van der Waals surface area contributed by atoms with E-state index in [0.717, 1.165) is 11.9 Å². The zero-order valence-corrected chi connectivity index (χ0v) is 13.6. The molecule has 7 heteroatoms. The average Bonchev–Trinajstić information content (AvgIpc) is 2.99. The molecule has 0 bridgehead atoms. The van der Waals surface area contributed by atoms with Gasteiger partial charge in [0, 0.05) is 41.5 Å². The number of fused-ring (bicyclic) bond motifs is 1. The number of rotatable bonds is 5.